The molecule has 0 aromatic heterocycles. The van der Waals surface area contributed by atoms with Crippen molar-refractivity contribution in [2.24, 2.45) is 0 Å². The third-order valence-corrected chi connectivity index (χ3v) is 6.14. The van der Waals surface area contributed by atoms with Crippen LogP contribution in [0, 0.1) is 13.8 Å². The lowest BCUT2D eigenvalue weighted by atomic mass is 10.0. The van der Waals surface area contributed by atoms with E-state index in [4.69, 9.17) is 11.6 Å². The van der Waals surface area contributed by atoms with Crippen molar-refractivity contribution in [1.82, 2.24) is 0 Å². The molecule has 2 aromatic rings. The summed E-state index contributed by atoms with van der Waals surface area (Å²) in [7, 11) is 0. The Morgan fingerprint density at radius 3 is 2.26 bits per heavy atom. The van der Waals surface area contributed by atoms with Crippen LogP contribution in [0.5, 0.6) is 0 Å². The third-order valence-electron chi connectivity index (χ3n) is 3.05. The average molecular weight is 467 g/mol. The van der Waals surface area contributed by atoms with Crippen molar-refractivity contribution in [3.05, 3.63) is 66.0 Å². The number of rotatable bonds is 2. The van der Waals surface area contributed by atoms with Crippen molar-refractivity contribution in [1.29, 1.82) is 0 Å². The smallest absolute Gasteiger partial charge is 0.0857 e. The van der Waals surface area contributed by atoms with Gasteiger partial charge in [-0.05, 0) is 48.2 Å². The van der Waals surface area contributed by atoms with Crippen molar-refractivity contribution >= 4 is 59.4 Å². The summed E-state index contributed by atoms with van der Waals surface area (Å²) in [6, 6.07) is 10.3. The second-order valence-corrected chi connectivity index (χ2v) is 7.40. The van der Waals surface area contributed by atoms with E-state index in [1.165, 1.54) is 11.1 Å². The molecule has 0 aliphatic carbocycles. The molecule has 19 heavy (non-hydrogen) atoms. The lowest BCUT2D eigenvalue weighted by Gasteiger charge is -2.16. The highest BCUT2D eigenvalue weighted by molar-refractivity contribution is 9.11. The van der Waals surface area contributed by atoms with Crippen molar-refractivity contribution in [3.63, 3.8) is 0 Å². The Hall–Kier alpha value is 0.170. The molecule has 0 saturated heterocycles. The van der Waals surface area contributed by atoms with E-state index in [1.54, 1.807) is 0 Å². The second kappa shape index (κ2) is 6.30. The number of alkyl halides is 1. The Bertz CT molecular complexity index is 623. The highest BCUT2D eigenvalue weighted by atomic mass is 79.9. The quantitative estimate of drug-likeness (QED) is 0.421. The van der Waals surface area contributed by atoms with Gasteiger partial charge in [0.1, 0.15) is 0 Å². The summed E-state index contributed by atoms with van der Waals surface area (Å²) in [5, 5.41) is -0.194. The highest BCUT2D eigenvalue weighted by Crippen LogP contribution is 2.40. The van der Waals surface area contributed by atoms with Crippen molar-refractivity contribution < 1.29 is 0 Å². The summed E-state index contributed by atoms with van der Waals surface area (Å²) in [5.74, 6) is 0. The summed E-state index contributed by atoms with van der Waals surface area (Å²) in [6.45, 7) is 4.13. The first kappa shape index (κ1) is 15.6. The lowest BCUT2D eigenvalue weighted by molar-refractivity contribution is 1.10. The van der Waals surface area contributed by atoms with Gasteiger partial charge in [0.05, 0.1) is 5.38 Å². The summed E-state index contributed by atoms with van der Waals surface area (Å²) < 4.78 is 3.17. The van der Waals surface area contributed by atoms with Gasteiger partial charge in [-0.3, -0.25) is 0 Å². The molecule has 2 aromatic carbocycles. The molecule has 0 saturated carbocycles. The summed E-state index contributed by atoms with van der Waals surface area (Å²) in [5.41, 5.74) is 4.51. The van der Waals surface area contributed by atoms with Crippen LogP contribution >= 0.6 is 59.4 Å². The van der Waals surface area contributed by atoms with Crippen LogP contribution in [-0.4, -0.2) is 0 Å². The SMILES string of the molecule is Cc1cc(Br)c(C(Cl)c2cccc(C)c2Br)cc1Br. The van der Waals surface area contributed by atoms with Gasteiger partial charge in [-0.25, -0.2) is 0 Å². The monoisotopic (exact) mass is 464 g/mol. The molecule has 1 unspecified atom stereocenters. The zero-order chi connectivity index (χ0) is 14.2. The minimum atomic E-state index is -0.194. The zero-order valence-electron chi connectivity index (χ0n) is 10.5. The summed E-state index contributed by atoms with van der Waals surface area (Å²) in [6.07, 6.45) is 0. The second-order valence-electron chi connectivity index (χ2n) is 4.46. The van der Waals surface area contributed by atoms with Crippen LogP contribution in [0.4, 0.5) is 0 Å². The van der Waals surface area contributed by atoms with Crippen LogP contribution in [0.15, 0.2) is 43.7 Å². The van der Waals surface area contributed by atoms with E-state index in [0.29, 0.717) is 0 Å². The molecule has 0 radical (unpaired) electrons. The molecule has 0 fully saturated rings. The standard InChI is InChI=1S/C15H12Br3Cl/c1-8-4-3-5-10(14(8)18)15(19)11-7-12(16)9(2)6-13(11)17/h3-7,15H,1-2H3. The minimum Gasteiger partial charge on any atom is -0.113 e. The van der Waals surface area contributed by atoms with Crippen LogP contribution in [-0.2, 0) is 0 Å². The number of halogens is 4. The van der Waals surface area contributed by atoms with E-state index in [9.17, 15) is 0 Å². The van der Waals surface area contributed by atoms with E-state index >= 15 is 0 Å². The molecule has 0 aliphatic rings. The van der Waals surface area contributed by atoms with E-state index in [-0.39, 0.29) is 5.38 Å². The molecular formula is C15H12Br3Cl. The molecule has 0 aliphatic heterocycles. The van der Waals surface area contributed by atoms with Gasteiger partial charge in [0, 0.05) is 13.4 Å². The molecule has 0 nitrogen and oxygen atoms in total. The Morgan fingerprint density at radius 1 is 0.895 bits per heavy atom. The molecule has 0 amide bonds. The minimum absolute atomic E-state index is 0.194. The third kappa shape index (κ3) is 3.26. The molecule has 0 spiro atoms. The van der Waals surface area contributed by atoms with E-state index in [0.717, 1.165) is 24.5 Å². The largest absolute Gasteiger partial charge is 0.113 e. The van der Waals surface area contributed by atoms with Gasteiger partial charge in [0.25, 0.3) is 0 Å². The van der Waals surface area contributed by atoms with Crippen molar-refractivity contribution in [3.8, 4) is 0 Å². The molecule has 100 valence electrons. The number of aryl methyl sites for hydroxylation is 2. The first-order valence-corrected chi connectivity index (χ1v) is 8.58. The van der Waals surface area contributed by atoms with Gasteiger partial charge in [-0.1, -0.05) is 66.0 Å². The first-order chi connectivity index (χ1) is 8.91. The fourth-order valence-electron chi connectivity index (χ4n) is 1.89. The topological polar surface area (TPSA) is 0 Å². The zero-order valence-corrected chi connectivity index (χ0v) is 16.0. The Labute approximate surface area is 143 Å². The number of hydrogen-bond acceptors (Lipinski definition) is 0. The predicted molar refractivity (Wildman–Crippen MR) is 93.2 cm³/mol. The molecule has 0 bridgehead atoms. The Morgan fingerprint density at radius 2 is 1.58 bits per heavy atom. The predicted octanol–water partition coefficient (Wildman–Crippen LogP) is 6.92. The summed E-state index contributed by atoms with van der Waals surface area (Å²) in [4.78, 5) is 0. The molecule has 4 heteroatoms. The van der Waals surface area contributed by atoms with Crippen LogP contribution in [0.25, 0.3) is 0 Å². The normalized spacial score (nSPS) is 12.5. The molecule has 2 rings (SSSR count). The maximum absolute atomic E-state index is 6.66. The fourth-order valence-corrected chi connectivity index (χ4v) is 4.06. The van der Waals surface area contributed by atoms with Crippen LogP contribution in [0.3, 0.4) is 0 Å². The van der Waals surface area contributed by atoms with E-state index in [2.05, 4.69) is 85.9 Å². The molecule has 1 atom stereocenters. The fraction of sp³-hybridized carbons (Fsp3) is 0.200. The maximum Gasteiger partial charge on any atom is 0.0857 e. The van der Waals surface area contributed by atoms with Gasteiger partial charge in [0.15, 0.2) is 0 Å². The van der Waals surface area contributed by atoms with E-state index in [1.807, 2.05) is 6.07 Å². The van der Waals surface area contributed by atoms with Crippen molar-refractivity contribution in [2.75, 3.05) is 0 Å². The average Bonchev–Trinajstić information content (AvgIpc) is 2.36. The first-order valence-electron chi connectivity index (χ1n) is 5.76. The number of hydrogen-bond donors (Lipinski definition) is 0. The van der Waals surface area contributed by atoms with Gasteiger partial charge < -0.3 is 0 Å². The summed E-state index contributed by atoms with van der Waals surface area (Å²) >= 11 is 17.4. The number of benzene rings is 2. The van der Waals surface area contributed by atoms with Gasteiger partial charge in [0.2, 0.25) is 0 Å². The Kier molecular flexibility index (Phi) is 5.15. The maximum atomic E-state index is 6.66. The van der Waals surface area contributed by atoms with Crippen LogP contribution in [0.1, 0.15) is 27.6 Å². The Balaban J connectivity index is 2.53. The molecule has 0 N–H and O–H groups in total. The van der Waals surface area contributed by atoms with E-state index < -0.39 is 0 Å². The molecular weight excluding hydrogens is 455 g/mol. The molecule has 0 heterocycles. The van der Waals surface area contributed by atoms with Gasteiger partial charge >= 0.3 is 0 Å². The van der Waals surface area contributed by atoms with Crippen molar-refractivity contribution in [2.45, 2.75) is 19.2 Å². The lowest BCUT2D eigenvalue weighted by Crippen LogP contribution is -1.98. The van der Waals surface area contributed by atoms with Crippen LogP contribution < -0.4 is 0 Å². The highest BCUT2D eigenvalue weighted by Gasteiger charge is 2.18. The van der Waals surface area contributed by atoms with Gasteiger partial charge in [-0.2, -0.15) is 0 Å². The van der Waals surface area contributed by atoms with Crippen LogP contribution in [0.2, 0.25) is 0 Å². The van der Waals surface area contributed by atoms with Gasteiger partial charge in [-0.15, -0.1) is 11.6 Å².